The number of carboxylic acids is 1. The molecule has 2 heterocycles. The van der Waals surface area contributed by atoms with Crippen molar-refractivity contribution in [3.8, 4) is 0 Å². The fourth-order valence-electron chi connectivity index (χ4n) is 3.06. The van der Waals surface area contributed by atoms with Crippen molar-refractivity contribution in [2.45, 2.75) is 37.1 Å². The van der Waals surface area contributed by atoms with Gasteiger partial charge in [-0.2, -0.15) is 4.98 Å². The van der Waals surface area contributed by atoms with Crippen molar-refractivity contribution < 1.29 is 102 Å². The van der Waals surface area contributed by atoms with E-state index in [2.05, 4.69) is 14.0 Å². The third-order valence-corrected chi connectivity index (χ3v) is 5.62. The molecule has 0 bridgehead atoms. The van der Waals surface area contributed by atoms with Crippen molar-refractivity contribution in [1.82, 2.24) is 9.55 Å². The largest absolute Gasteiger partial charge is 1.00 e. The van der Waals surface area contributed by atoms with Gasteiger partial charge in [0.2, 0.25) is 0 Å². The Bertz CT molecular complexity index is 1060. The van der Waals surface area contributed by atoms with Crippen LogP contribution in [0.25, 0.3) is 0 Å². The van der Waals surface area contributed by atoms with E-state index in [1.165, 1.54) is 12.3 Å². The van der Waals surface area contributed by atoms with Crippen LogP contribution >= 0.6 is 7.82 Å². The molecule has 0 radical (unpaired) electrons. The van der Waals surface area contributed by atoms with E-state index in [1.54, 1.807) is 30.3 Å². The maximum atomic E-state index is 12.1. The number of phosphoric ester groups is 1. The van der Waals surface area contributed by atoms with Gasteiger partial charge >= 0.3 is 64.8 Å². The Kier molecular flexibility index (Phi) is 12.6. The summed E-state index contributed by atoms with van der Waals surface area (Å²) < 4.78 is 27.6. The molecule has 1 unspecified atom stereocenters. The smallest absolute Gasteiger partial charge is 0.756 e. The second-order valence-corrected chi connectivity index (χ2v) is 8.30. The Morgan fingerprint density at radius 3 is 2.47 bits per heavy atom. The second-order valence-electron chi connectivity index (χ2n) is 6.93. The number of carboxylic acid groups (broad SMARTS) is 1. The molecule has 2 aromatic rings. The van der Waals surface area contributed by atoms with Crippen LogP contribution in [0.2, 0.25) is 0 Å². The molecule has 4 N–H and O–H groups in total. The SMILES string of the molecule is Nc1ccn([C@@H]2O[C@H](COP(=O)([O-])O[C@H](Cc3ccccc3)C(=O)[O-])[C@@H](O)[C@H]2O)c(=O)n1.[Na+].[Na+]. The third kappa shape index (κ3) is 8.20. The molecule has 174 valence electrons. The predicted molar refractivity (Wildman–Crippen MR) is 102 cm³/mol. The van der Waals surface area contributed by atoms with Gasteiger partial charge in [-0.05, 0) is 11.6 Å². The molecule has 0 saturated carbocycles. The zero-order valence-corrected chi connectivity index (χ0v) is 23.3. The molecule has 0 amide bonds. The Balaban J connectivity index is 0.00000289. The van der Waals surface area contributed by atoms with Gasteiger partial charge in [0.15, 0.2) is 6.23 Å². The zero-order chi connectivity index (χ0) is 23.5. The molecule has 1 saturated heterocycles. The molecular formula is C18H20N3Na2O10P. The summed E-state index contributed by atoms with van der Waals surface area (Å²) in [6.45, 7) is -0.822. The van der Waals surface area contributed by atoms with Gasteiger partial charge in [-0.15, -0.1) is 0 Å². The van der Waals surface area contributed by atoms with Crippen LogP contribution in [0.4, 0.5) is 5.82 Å². The van der Waals surface area contributed by atoms with E-state index in [-0.39, 0.29) is 71.4 Å². The van der Waals surface area contributed by atoms with Crippen molar-refractivity contribution in [1.29, 1.82) is 0 Å². The number of carbonyl (C=O) groups is 1. The fourth-order valence-corrected chi connectivity index (χ4v) is 3.92. The summed E-state index contributed by atoms with van der Waals surface area (Å²) >= 11 is 0. The minimum Gasteiger partial charge on any atom is -0.756 e. The third-order valence-electron chi connectivity index (χ3n) is 4.64. The number of aliphatic hydroxyl groups is 2. The molecule has 1 fully saturated rings. The molecule has 0 aliphatic carbocycles. The number of benzene rings is 1. The number of carbonyl (C=O) groups excluding carboxylic acids is 1. The second kappa shape index (κ2) is 13.6. The molecular weight excluding hydrogens is 495 g/mol. The average molecular weight is 515 g/mol. The van der Waals surface area contributed by atoms with Crippen molar-refractivity contribution in [2.24, 2.45) is 0 Å². The summed E-state index contributed by atoms with van der Waals surface area (Å²) in [5.74, 6) is -1.84. The molecule has 0 spiro atoms. The van der Waals surface area contributed by atoms with Gasteiger partial charge in [-0.3, -0.25) is 9.13 Å². The van der Waals surface area contributed by atoms with E-state index in [0.717, 1.165) is 4.57 Å². The Morgan fingerprint density at radius 2 is 1.88 bits per heavy atom. The standard InChI is InChI=1S/C18H22N3O10P.2Na/c19-13-6-7-21(18(26)20-13)16-15(23)14(22)12(30-16)9-29-32(27,28)31-11(17(24)25)8-10-4-2-1-3-5-10;;/h1-7,11-12,14-16,22-23H,8-9H2,(H,24,25)(H,27,28)(H2,19,20,26);;/q;2*+1/p-2/t11-,12-,14-,15-,16-;;/m1../s1. The number of anilines is 1. The molecule has 1 aromatic carbocycles. The molecule has 1 aliphatic rings. The Labute approximate surface area is 238 Å². The maximum Gasteiger partial charge on any atom is 1.00 e. The summed E-state index contributed by atoms with van der Waals surface area (Å²) in [6, 6.07) is 9.39. The summed E-state index contributed by atoms with van der Waals surface area (Å²) in [5, 5.41) is 31.6. The van der Waals surface area contributed by atoms with Crippen LogP contribution < -0.4 is 80.5 Å². The van der Waals surface area contributed by atoms with Crippen LogP contribution in [-0.4, -0.2) is 56.8 Å². The number of nitrogens with zero attached hydrogens (tertiary/aromatic N) is 2. The van der Waals surface area contributed by atoms with E-state index in [4.69, 9.17) is 10.5 Å². The van der Waals surface area contributed by atoms with Gasteiger partial charge in [0.25, 0.3) is 7.82 Å². The number of rotatable bonds is 9. The van der Waals surface area contributed by atoms with Gasteiger partial charge in [-0.1, -0.05) is 30.3 Å². The first-order valence-corrected chi connectivity index (χ1v) is 10.8. The molecule has 6 atom stereocenters. The maximum absolute atomic E-state index is 12.1. The summed E-state index contributed by atoms with van der Waals surface area (Å²) in [7, 11) is -5.19. The molecule has 1 aromatic heterocycles. The van der Waals surface area contributed by atoms with E-state index < -0.39 is 56.7 Å². The molecule has 16 heteroatoms. The van der Waals surface area contributed by atoms with Gasteiger partial charge < -0.3 is 44.5 Å². The van der Waals surface area contributed by atoms with E-state index >= 15 is 0 Å². The van der Waals surface area contributed by atoms with E-state index in [1.807, 2.05) is 0 Å². The van der Waals surface area contributed by atoms with Gasteiger partial charge in [-0.25, -0.2) is 4.79 Å². The van der Waals surface area contributed by atoms with Crippen LogP contribution in [-0.2, 0) is 29.6 Å². The van der Waals surface area contributed by atoms with Gasteiger partial charge in [0, 0.05) is 12.6 Å². The number of aromatic nitrogens is 2. The first kappa shape index (κ1) is 31.4. The van der Waals surface area contributed by atoms with E-state index in [0.29, 0.717) is 5.56 Å². The van der Waals surface area contributed by atoms with Crippen molar-refractivity contribution in [3.05, 3.63) is 58.6 Å². The number of hydrogen-bond acceptors (Lipinski definition) is 12. The van der Waals surface area contributed by atoms with Crippen molar-refractivity contribution >= 4 is 19.6 Å². The van der Waals surface area contributed by atoms with Gasteiger partial charge in [0.05, 0.1) is 12.6 Å². The topological polar surface area (TPSA) is 209 Å². The van der Waals surface area contributed by atoms with Crippen molar-refractivity contribution in [2.75, 3.05) is 12.3 Å². The van der Waals surface area contributed by atoms with Crippen LogP contribution in [0.5, 0.6) is 0 Å². The molecule has 34 heavy (non-hydrogen) atoms. The predicted octanol–water partition coefficient (Wildman–Crippen LogP) is -8.68. The Hall–Kier alpha value is -0.640. The quantitative estimate of drug-likeness (QED) is 0.210. The zero-order valence-electron chi connectivity index (χ0n) is 18.4. The summed E-state index contributed by atoms with van der Waals surface area (Å²) in [4.78, 5) is 38.8. The fraction of sp³-hybridized carbons (Fsp3) is 0.389. The molecule has 1 aliphatic heterocycles. The Morgan fingerprint density at radius 1 is 1.24 bits per heavy atom. The van der Waals surface area contributed by atoms with Gasteiger partial charge in [0.1, 0.15) is 30.2 Å². The minimum absolute atomic E-state index is 0. The van der Waals surface area contributed by atoms with Crippen LogP contribution in [0.15, 0.2) is 47.4 Å². The first-order chi connectivity index (χ1) is 15.1. The molecule has 3 rings (SSSR count). The molecule has 13 nitrogen and oxygen atoms in total. The van der Waals surface area contributed by atoms with Crippen molar-refractivity contribution in [3.63, 3.8) is 0 Å². The summed E-state index contributed by atoms with van der Waals surface area (Å²) in [5.41, 5.74) is 5.03. The monoisotopic (exact) mass is 515 g/mol. The van der Waals surface area contributed by atoms with E-state index in [9.17, 15) is 34.4 Å². The summed E-state index contributed by atoms with van der Waals surface area (Å²) in [6.07, 6.45) is -6.99. The minimum atomic E-state index is -5.19. The number of ether oxygens (including phenoxy) is 1. The van der Waals surface area contributed by atoms with Crippen LogP contribution in [0.1, 0.15) is 11.8 Å². The number of phosphoric acid groups is 1. The first-order valence-electron chi connectivity index (χ1n) is 9.32. The number of nitrogen functional groups attached to an aromatic ring is 1. The number of nitrogens with two attached hydrogens (primary N) is 1. The number of hydrogen-bond donors (Lipinski definition) is 3. The normalized spacial score (nSPS) is 24.3. The van der Waals surface area contributed by atoms with Crippen LogP contribution in [0, 0.1) is 0 Å². The van der Waals surface area contributed by atoms with Crippen LogP contribution in [0.3, 0.4) is 0 Å². The number of aliphatic carboxylic acids is 1. The average Bonchev–Trinajstić information content (AvgIpc) is 3.01. The number of aliphatic hydroxyl groups excluding tert-OH is 2.